The van der Waals surface area contributed by atoms with E-state index in [1.807, 2.05) is 0 Å². The van der Waals surface area contributed by atoms with Gasteiger partial charge in [-0.3, -0.25) is 0 Å². The molecule has 0 saturated carbocycles. The van der Waals surface area contributed by atoms with Gasteiger partial charge in [0.2, 0.25) is 0 Å². The van der Waals surface area contributed by atoms with Gasteiger partial charge in [0.25, 0.3) is 0 Å². The van der Waals surface area contributed by atoms with Crippen molar-refractivity contribution in [2.75, 3.05) is 0 Å². The SMILES string of the molecule is Cc1cnc(Cl)cc1Oc1ccc(OC(F)(F)F)cc1. The van der Waals surface area contributed by atoms with Gasteiger partial charge in [0.15, 0.2) is 0 Å². The third-order valence-electron chi connectivity index (χ3n) is 2.31. The second-order valence-corrected chi connectivity index (χ2v) is 4.28. The minimum Gasteiger partial charge on any atom is -0.457 e. The van der Waals surface area contributed by atoms with Gasteiger partial charge in [-0.15, -0.1) is 13.2 Å². The third kappa shape index (κ3) is 4.03. The Kier molecular flexibility index (Phi) is 4.04. The van der Waals surface area contributed by atoms with Crippen molar-refractivity contribution in [3.63, 3.8) is 0 Å². The lowest BCUT2D eigenvalue weighted by molar-refractivity contribution is -0.274. The van der Waals surface area contributed by atoms with Crippen molar-refractivity contribution in [3.8, 4) is 17.2 Å². The van der Waals surface area contributed by atoms with Gasteiger partial charge in [-0.2, -0.15) is 0 Å². The van der Waals surface area contributed by atoms with Gasteiger partial charge < -0.3 is 9.47 Å². The minimum absolute atomic E-state index is 0.266. The molecule has 1 heterocycles. The van der Waals surface area contributed by atoms with Crippen LogP contribution in [0.25, 0.3) is 0 Å². The van der Waals surface area contributed by atoms with Crippen molar-refractivity contribution in [2.24, 2.45) is 0 Å². The molecule has 0 unspecified atom stereocenters. The van der Waals surface area contributed by atoms with Crippen LogP contribution in [0.2, 0.25) is 5.15 Å². The molecule has 0 saturated heterocycles. The molecule has 0 amide bonds. The number of pyridine rings is 1. The predicted octanol–water partition coefficient (Wildman–Crippen LogP) is 4.73. The van der Waals surface area contributed by atoms with Crippen molar-refractivity contribution in [3.05, 3.63) is 47.2 Å². The molecule has 2 aromatic rings. The van der Waals surface area contributed by atoms with Crippen molar-refractivity contribution in [1.29, 1.82) is 0 Å². The van der Waals surface area contributed by atoms with Crippen molar-refractivity contribution in [2.45, 2.75) is 13.3 Å². The molecule has 20 heavy (non-hydrogen) atoms. The summed E-state index contributed by atoms with van der Waals surface area (Å²) in [6, 6.07) is 6.60. The van der Waals surface area contributed by atoms with Gasteiger partial charge in [-0.05, 0) is 31.2 Å². The van der Waals surface area contributed by atoms with Crippen LogP contribution in [0.1, 0.15) is 5.56 Å². The van der Waals surface area contributed by atoms with E-state index in [1.165, 1.54) is 30.3 Å². The van der Waals surface area contributed by atoms with Crippen LogP contribution in [0.4, 0.5) is 13.2 Å². The number of aryl methyl sites for hydroxylation is 1. The number of hydrogen-bond acceptors (Lipinski definition) is 3. The lowest BCUT2D eigenvalue weighted by Crippen LogP contribution is -2.16. The molecule has 0 aliphatic rings. The molecule has 0 aliphatic heterocycles. The highest BCUT2D eigenvalue weighted by atomic mass is 35.5. The van der Waals surface area contributed by atoms with E-state index < -0.39 is 6.36 Å². The zero-order valence-corrected chi connectivity index (χ0v) is 11.0. The molecular weight excluding hydrogens is 295 g/mol. The smallest absolute Gasteiger partial charge is 0.457 e. The Morgan fingerprint density at radius 1 is 1.10 bits per heavy atom. The summed E-state index contributed by atoms with van der Waals surface area (Å²) in [6.45, 7) is 1.78. The van der Waals surface area contributed by atoms with Crippen LogP contribution in [0.3, 0.4) is 0 Å². The first-order chi connectivity index (χ1) is 9.33. The summed E-state index contributed by atoms with van der Waals surface area (Å²) in [5, 5.41) is 0.266. The van der Waals surface area contributed by atoms with E-state index in [1.54, 1.807) is 13.1 Å². The van der Waals surface area contributed by atoms with Crippen LogP contribution in [-0.2, 0) is 0 Å². The predicted molar refractivity (Wildman–Crippen MR) is 67.2 cm³/mol. The van der Waals surface area contributed by atoms with Crippen molar-refractivity contribution < 1.29 is 22.6 Å². The molecule has 0 radical (unpaired) electrons. The summed E-state index contributed by atoms with van der Waals surface area (Å²) >= 11 is 5.74. The Morgan fingerprint density at radius 2 is 1.70 bits per heavy atom. The van der Waals surface area contributed by atoms with Gasteiger partial charge in [0.1, 0.15) is 22.4 Å². The quantitative estimate of drug-likeness (QED) is 0.768. The fraction of sp³-hybridized carbons (Fsp3) is 0.154. The number of hydrogen-bond donors (Lipinski definition) is 0. The largest absolute Gasteiger partial charge is 0.573 e. The number of rotatable bonds is 3. The molecule has 7 heteroatoms. The average Bonchev–Trinajstić information content (AvgIpc) is 2.34. The van der Waals surface area contributed by atoms with Crippen LogP contribution in [-0.4, -0.2) is 11.3 Å². The highest BCUT2D eigenvalue weighted by molar-refractivity contribution is 6.29. The van der Waals surface area contributed by atoms with Gasteiger partial charge in [-0.1, -0.05) is 11.6 Å². The maximum Gasteiger partial charge on any atom is 0.573 e. The summed E-state index contributed by atoms with van der Waals surface area (Å²) in [7, 11) is 0. The highest BCUT2D eigenvalue weighted by Gasteiger charge is 2.30. The summed E-state index contributed by atoms with van der Waals surface area (Å²) in [5.74, 6) is 0.536. The molecular formula is C13H9ClF3NO2. The molecule has 2 rings (SSSR count). The molecule has 1 aromatic carbocycles. The lowest BCUT2D eigenvalue weighted by Gasteiger charge is -2.11. The van der Waals surface area contributed by atoms with Crippen molar-refractivity contribution in [1.82, 2.24) is 4.98 Å². The second kappa shape index (κ2) is 5.58. The van der Waals surface area contributed by atoms with E-state index in [-0.39, 0.29) is 10.9 Å². The molecule has 0 fully saturated rings. The molecule has 106 valence electrons. The maximum absolute atomic E-state index is 12.0. The standard InChI is InChI=1S/C13H9ClF3NO2/c1-8-7-18-12(14)6-11(8)19-9-2-4-10(5-3-9)20-13(15,16)17/h2-7H,1H3. The number of halogens is 4. The van der Waals surface area contributed by atoms with Gasteiger partial charge in [0.05, 0.1) is 0 Å². The van der Waals surface area contributed by atoms with E-state index >= 15 is 0 Å². The molecule has 3 nitrogen and oxygen atoms in total. The van der Waals surface area contributed by atoms with Crippen LogP contribution >= 0.6 is 11.6 Å². The number of ether oxygens (including phenoxy) is 2. The van der Waals surface area contributed by atoms with E-state index in [0.29, 0.717) is 11.5 Å². The normalized spacial score (nSPS) is 11.2. The number of aromatic nitrogens is 1. The first-order valence-electron chi connectivity index (χ1n) is 5.49. The minimum atomic E-state index is -4.71. The van der Waals surface area contributed by atoms with Crippen molar-refractivity contribution >= 4 is 11.6 Å². The third-order valence-corrected chi connectivity index (χ3v) is 2.51. The Balaban J connectivity index is 2.13. The van der Waals surface area contributed by atoms with E-state index in [9.17, 15) is 13.2 Å². The van der Waals surface area contributed by atoms with E-state index in [4.69, 9.17) is 16.3 Å². The zero-order chi connectivity index (χ0) is 14.8. The number of alkyl halides is 3. The average molecular weight is 304 g/mol. The molecule has 0 N–H and O–H groups in total. The Hall–Kier alpha value is -1.95. The Morgan fingerprint density at radius 3 is 2.30 bits per heavy atom. The highest BCUT2D eigenvalue weighted by Crippen LogP contribution is 2.29. The summed E-state index contributed by atoms with van der Waals surface area (Å²) in [6.07, 6.45) is -3.17. The molecule has 0 atom stereocenters. The summed E-state index contributed by atoms with van der Waals surface area (Å²) < 4.78 is 45.3. The fourth-order valence-electron chi connectivity index (χ4n) is 1.43. The zero-order valence-electron chi connectivity index (χ0n) is 10.2. The molecule has 0 spiro atoms. The number of nitrogens with zero attached hydrogens (tertiary/aromatic N) is 1. The second-order valence-electron chi connectivity index (χ2n) is 3.89. The maximum atomic E-state index is 12.0. The topological polar surface area (TPSA) is 31.4 Å². The summed E-state index contributed by atoms with van der Waals surface area (Å²) in [5.41, 5.74) is 0.755. The first-order valence-corrected chi connectivity index (χ1v) is 5.87. The molecule has 0 bridgehead atoms. The number of benzene rings is 1. The fourth-order valence-corrected chi connectivity index (χ4v) is 1.58. The van der Waals surface area contributed by atoms with Crippen LogP contribution in [0.5, 0.6) is 17.2 Å². The molecule has 0 aliphatic carbocycles. The Labute approximate surface area is 117 Å². The van der Waals surface area contributed by atoms with Crippen LogP contribution in [0.15, 0.2) is 36.5 Å². The first kappa shape index (κ1) is 14.5. The van der Waals surface area contributed by atoms with Gasteiger partial charge >= 0.3 is 6.36 Å². The van der Waals surface area contributed by atoms with Crippen LogP contribution < -0.4 is 9.47 Å². The monoisotopic (exact) mass is 303 g/mol. The van der Waals surface area contributed by atoms with E-state index in [0.717, 1.165) is 5.56 Å². The van der Waals surface area contributed by atoms with Gasteiger partial charge in [-0.25, -0.2) is 4.98 Å². The van der Waals surface area contributed by atoms with Crippen LogP contribution in [0, 0.1) is 6.92 Å². The lowest BCUT2D eigenvalue weighted by atomic mass is 10.3. The Bertz CT molecular complexity index is 600. The van der Waals surface area contributed by atoms with E-state index in [2.05, 4.69) is 9.72 Å². The summed E-state index contributed by atoms with van der Waals surface area (Å²) in [4.78, 5) is 3.88. The van der Waals surface area contributed by atoms with Gasteiger partial charge in [0, 0.05) is 17.8 Å². The molecule has 1 aromatic heterocycles.